The summed E-state index contributed by atoms with van der Waals surface area (Å²) in [5, 5.41) is 0. The summed E-state index contributed by atoms with van der Waals surface area (Å²) in [6.07, 6.45) is 5.84. The first-order valence-corrected chi connectivity index (χ1v) is 7.54. The van der Waals surface area contributed by atoms with E-state index in [9.17, 15) is 4.79 Å². The van der Waals surface area contributed by atoms with Crippen molar-refractivity contribution in [2.45, 2.75) is 58.5 Å². The van der Waals surface area contributed by atoms with E-state index in [2.05, 4.69) is 0 Å². The van der Waals surface area contributed by atoms with Crippen LogP contribution < -0.4 is 5.73 Å². The first-order valence-electron chi connectivity index (χ1n) is 7.54. The predicted molar refractivity (Wildman–Crippen MR) is 75.9 cm³/mol. The molecule has 0 aromatic heterocycles. The molecule has 2 N–H and O–H groups in total. The van der Waals surface area contributed by atoms with Crippen molar-refractivity contribution in [2.75, 3.05) is 19.6 Å². The third-order valence-electron chi connectivity index (χ3n) is 4.50. The highest BCUT2D eigenvalue weighted by Crippen LogP contribution is 2.53. The van der Waals surface area contributed by atoms with Gasteiger partial charge in [0, 0.05) is 13.1 Å². The van der Waals surface area contributed by atoms with Crippen molar-refractivity contribution >= 4 is 6.09 Å². The van der Waals surface area contributed by atoms with E-state index >= 15 is 0 Å². The summed E-state index contributed by atoms with van der Waals surface area (Å²) in [7, 11) is 0. The van der Waals surface area contributed by atoms with Crippen LogP contribution in [0.4, 0.5) is 4.79 Å². The Hall–Kier alpha value is -0.770. The molecule has 0 atom stereocenters. The molecule has 1 saturated carbocycles. The lowest BCUT2D eigenvalue weighted by Gasteiger charge is -2.42. The number of ether oxygens (including phenoxy) is 1. The van der Waals surface area contributed by atoms with Gasteiger partial charge in [-0.3, -0.25) is 0 Å². The molecule has 1 aliphatic heterocycles. The van der Waals surface area contributed by atoms with Crippen LogP contribution in [0.15, 0.2) is 0 Å². The second kappa shape index (κ2) is 5.31. The monoisotopic (exact) mass is 268 g/mol. The van der Waals surface area contributed by atoms with E-state index in [1.54, 1.807) is 0 Å². The topological polar surface area (TPSA) is 55.6 Å². The van der Waals surface area contributed by atoms with Crippen molar-refractivity contribution < 1.29 is 9.53 Å². The van der Waals surface area contributed by atoms with Gasteiger partial charge in [0.1, 0.15) is 5.60 Å². The summed E-state index contributed by atoms with van der Waals surface area (Å²) in [4.78, 5) is 13.9. The number of carbonyl (C=O) groups excluding carboxylic acids is 1. The quantitative estimate of drug-likeness (QED) is 0.856. The Kier molecular flexibility index (Phi) is 4.09. The van der Waals surface area contributed by atoms with Gasteiger partial charge in [-0.05, 0) is 70.8 Å². The molecule has 1 amide bonds. The zero-order chi connectivity index (χ0) is 14.1. The van der Waals surface area contributed by atoms with E-state index in [0.29, 0.717) is 5.41 Å². The molecule has 110 valence electrons. The van der Waals surface area contributed by atoms with Gasteiger partial charge in [-0.1, -0.05) is 0 Å². The van der Waals surface area contributed by atoms with Crippen LogP contribution in [-0.4, -0.2) is 36.2 Å². The van der Waals surface area contributed by atoms with E-state index in [0.717, 1.165) is 44.8 Å². The third kappa shape index (κ3) is 3.62. The normalized spacial score (nSPS) is 23.3. The summed E-state index contributed by atoms with van der Waals surface area (Å²) in [5.74, 6) is 0.858. The predicted octanol–water partition coefficient (Wildman–Crippen LogP) is 2.76. The second-order valence-electron chi connectivity index (χ2n) is 7.14. The molecule has 0 radical (unpaired) electrons. The van der Waals surface area contributed by atoms with Gasteiger partial charge in [0.2, 0.25) is 0 Å². The maximum atomic E-state index is 12.0. The summed E-state index contributed by atoms with van der Waals surface area (Å²) in [6.45, 7) is 8.16. The molecule has 4 nitrogen and oxygen atoms in total. The minimum absolute atomic E-state index is 0.162. The van der Waals surface area contributed by atoms with Crippen LogP contribution in [-0.2, 0) is 4.74 Å². The van der Waals surface area contributed by atoms with Crippen LogP contribution >= 0.6 is 0 Å². The molecule has 2 rings (SSSR count). The molecule has 1 aliphatic carbocycles. The molecule has 1 heterocycles. The number of carbonyl (C=O) groups is 1. The summed E-state index contributed by atoms with van der Waals surface area (Å²) >= 11 is 0. The van der Waals surface area contributed by atoms with Crippen LogP contribution in [0.3, 0.4) is 0 Å². The average molecular weight is 268 g/mol. The molecule has 1 saturated heterocycles. The Bertz CT molecular complexity index is 324. The number of nitrogens with zero attached hydrogens (tertiary/aromatic N) is 1. The SMILES string of the molecule is CC(C)(C)OC(=O)N1CCC(CCN)(C2CC2)CC1. The second-order valence-corrected chi connectivity index (χ2v) is 7.14. The van der Waals surface area contributed by atoms with E-state index in [4.69, 9.17) is 10.5 Å². The van der Waals surface area contributed by atoms with Gasteiger partial charge in [-0.2, -0.15) is 0 Å². The standard InChI is InChI=1S/C15H28N2O2/c1-14(2,3)19-13(18)17-10-7-15(6-9-16,8-11-17)12-4-5-12/h12H,4-11,16H2,1-3H3. The van der Waals surface area contributed by atoms with Crippen LogP contribution in [0.25, 0.3) is 0 Å². The van der Waals surface area contributed by atoms with E-state index in [1.807, 2.05) is 25.7 Å². The Morgan fingerprint density at radius 3 is 2.32 bits per heavy atom. The number of hydrogen-bond donors (Lipinski definition) is 1. The molecular formula is C15H28N2O2. The van der Waals surface area contributed by atoms with Crippen molar-refractivity contribution in [3.05, 3.63) is 0 Å². The molecular weight excluding hydrogens is 240 g/mol. The number of nitrogens with two attached hydrogens (primary N) is 1. The lowest BCUT2D eigenvalue weighted by atomic mass is 9.72. The molecule has 4 heteroatoms. The first kappa shape index (κ1) is 14.6. The highest BCUT2D eigenvalue weighted by molar-refractivity contribution is 5.68. The Balaban J connectivity index is 1.89. The zero-order valence-electron chi connectivity index (χ0n) is 12.6. The Morgan fingerprint density at radius 2 is 1.89 bits per heavy atom. The minimum Gasteiger partial charge on any atom is -0.444 e. The molecule has 0 spiro atoms. The summed E-state index contributed by atoms with van der Waals surface area (Å²) < 4.78 is 5.44. The molecule has 2 aliphatic rings. The van der Waals surface area contributed by atoms with Gasteiger partial charge in [0.25, 0.3) is 0 Å². The van der Waals surface area contributed by atoms with Crippen molar-refractivity contribution in [3.8, 4) is 0 Å². The molecule has 0 aromatic rings. The molecule has 2 fully saturated rings. The first-order chi connectivity index (χ1) is 8.86. The summed E-state index contributed by atoms with van der Waals surface area (Å²) in [6, 6.07) is 0. The molecule has 0 aromatic carbocycles. The van der Waals surface area contributed by atoms with E-state index in [-0.39, 0.29) is 6.09 Å². The fourth-order valence-electron chi connectivity index (χ4n) is 3.31. The Morgan fingerprint density at radius 1 is 1.32 bits per heavy atom. The largest absolute Gasteiger partial charge is 0.444 e. The fourth-order valence-corrected chi connectivity index (χ4v) is 3.31. The highest BCUT2D eigenvalue weighted by atomic mass is 16.6. The zero-order valence-corrected chi connectivity index (χ0v) is 12.6. The van der Waals surface area contributed by atoms with Gasteiger partial charge in [-0.15, -0.1) is 0 Å². The number of piperidine rings is 1. The van der Waals surface area contributed by atoms with Crippen LogP contribution in [0.5, 0.6) is 0 Å². The third-order valence-corrected chi connectivity index (χ3v) is 4.50. The smallest absolute Gasteiger partial charge is 0.410 e. The summed E-state index contributed by atoms with van der Waals surface area (Å²) in [5.41, 5.74) is 5.79. The molecule has 0 unspecified atom stereocenters. The average Bonchev–Trinajstić information content (AvgIpc) is 3.12. The molecule has 0 bridgehead atoms. The van der Waals surface area contributed by atoms with Crippen molar-refractivity contribution in [2.24, 2.45) is 17.1 Å². The van der Waals surface area contributed by atoms with Gasteiger partial charge in [0.15, 0.2) is 0 Å². The number of rotatable bonds is 3. The number of amides is 1. The van der Waals surface area contributed by atoms with Crippen LogP contribution in [0.2, 0.25) is 0 Å². The van der Waals surface area contributed by atoms with Crippen molar-refractivity contribution in [1.29, 1.82) is 0 Å². The van der Waals surface area contributed by atoms with Crippen LogP contribution in [0.1, 0.15) is 52.9 Å². The lowest BCUT2D eigenvalue weighted by Crippen LogP contribution is -2.46. The molecule has 19 heavy (non-hydrogen) atoms. The number of likely N-dealkylation sites (tertiary alicyclic amines) is 1. The fraction of sp³-hybridized carbons (Fsp3) is 0.933. The highest BCUT2D eigenvalue weighted by Gasteiger charge is 2.46. The van der Waals surface area contributed by atoms with Crippen LogP contribution in [0, 0.1) is 11.3 Å². The van der Waals surface area contributed by atoms with Crippen molar-refractivity contribution in [1.82, 2.24) is 4.90 Å². The van der Waals surface area contributed by atoms with E-state index in [1.165, 1.54) is 12.8 Å². The van der Waals surface area contributed by atoms with Gasteiger partial charge in [0.05, 0.1) is 0 Å². The maximum absolute atomic E-state index is 12.0. The van der Waals surface area contributed by atoms with Gasteiger partial charge < -0.3 is 15.4 Å². The Labute approximate surface area is 116 Å². The number of hydrogen-bond acceptors (Lipinski definition) is 3. The van der Waals surface area contributed by atoms with Crippen molar-refractivity contribution in [3.63, 3.8) is 0 Å². The lowest BCUT2D eigenvalue weighted by molar-refractivity contribution is 0.00579. The van der Waals surface area contributed by atoms with Gasteiger partial charge >= 0.3 is 6.09 Å². The minimum atomic E-state index is -0.403. The maximum Gasteiger partial charge on any atom is 0.410 e. The van der Waals surface area contributed by atoms with E-state index < -0.39 is 5.60 Å². The van der Waals surface area contributed by atoms with Gasteiger partial charge in [-0.25, -0.2) is 4.79 Å².